The Balaban J connectivity index is 2.42. The lowest BCUT2D eigenvalue weighted by atomic mass is 9.95. The van der Waals surface area contributed by atoms with Crippen LogP contribution in [0.2, 0.25) is 0 Å². The smallest absolute Gasteiger partial charge is 0.420 e. The summed E-state index contributed by atoms with van der Waals surface area (Å²) in [4.78, 5) is 46.0. The number of hydrogen-bond acceptors (Lipinski definition) is 6. The predicted molar refractivity (Wildman–Crippen MR) is 124 cm³/mol. The third-order valence-corrected chi connectivity index (χ3v) is 4.75. The monoisotopic (exact) mass is 454 g/mol. The minimum atomic E-state index is -1.45. The molecule has 33 heavy (non-hydrogen) atoms. The molecule has 0 aliphatic rings. The van der Waals surface area contributed by atoms with Crippen molar-refractivity contribution in [1.29, 1.82) is 0 Å². The highest BCUT2D eigenvalue weighted by atomic mass is 16.6. The van der Waals surface area contributed by atoms with Crippen LogP contribution in [0.25, 0.3) is 11.3 Å². The Kier molecular flexibility index (Phi) is 7.32. The van der Waals surface area contributed by atoms with E-state index in [-0.39, 0.29) is 23.7 Å². The van der Waals surface area contributed by atoms with Gasteiger partial charge in [0.05, 0.1) is 23.1 Å². The number of aromatic nitrogens is 3. The molecule has 2 heterocycles. The van der Waals surface area contributed by atoms with Gasteiger partial charge in [0.25, 0.3) is 5.56 Å². The molecule has 0 atom stereocenters. The maximum absolute atomic E-state index is 12.6. The Bertz CT molecular complexity index is 1150. The summed E-state index contributed by atoms with van der Waals surface area (Å²) in [7, 11) is 0. The first-order chi connectivity index (χ1) is 15.2. The predicted octanol–water partition coefficient (Wildman–Crippen LogP) is 4.10. The molecule has 9 heteroatoms. The van der Waals surface area contributed by atoms with E-state index < -0.39 is 23.3 Å². The van der Waals surface area contributed by atoms with Gasteiger partial charge in [-0.2, -0.15) is 0 Å². The summed E-state index contributed by atoms with van der Waals surface area (Å²) < 4.78 is 6.84. The number of pyridine rings is 1. The van der Waals surface area contributed by atoms with Crippen molar-refractivity contribution in [3.63, 3.8) is 0 Å². The molecule has 0 radical (unpaired) electrons. The molecule has 0 spiro atoms. The van der Waals surface area contributed by atoms with Gasteiger partial charge in [0.1, 0.15) is 11.3 Å². The lowest BCUT2D eigenvalue weighted by Gasteiger charge is -2.35. The van der Waals surface area contributed by atoms with Crippen molar-refractivity contribution >= 4 is 12.2 Å². The molecule has 0 unspecified atom stereocenters. The molecule has 0 fully saturated rings. The van der Waals surface area contributed by atoms with Crippen LogP contribution >= 0.6 is 0 Å². The summed E-state index contributed by atoms with van der Waals surface area (Å²) in [5, 5.41) is 9.69. The maximum atomic E-state index is 12.6. The molecule has 176 valence electrons. The standard InChI is InChI=1S/C24H30N4O5/c1-9-17-18(12-24(7,8)28(21(30)31)22(32)33-23(4,5)6)25-13-19(26-17)16-10-11-20(29)27(14-16)15(2)3/h1,10-11,13-15H,12H2,2-8H3,(H,30,31). The number of terminal acetylenes is 1. The molecule has 1 N–H and O–H groups in total. The van der Waals surface area contributed by atoms with E-state index >= 15 is 0 Å². The van der Waals surface area contributed by atoms with Crippen LogP contribution < -0.4 is 5.56 Å². The van der Waals surface area contributed by atoms with Gasteiger partial charge in [0.15, 0.2) is 0 Å². The molecule has 0 aliphatic heterocycles. The van der Waals surface area contributed by atoms with Crippen LogP contribution in [0.15, 0.2) is 29.3 Å². The van der Waals surface area contributed by atoms with E-state index in [2.05, 4.69) is 15.9 Å². The average Bonchev–Trinajstić information content (AvgIpc) is 2.66. The first-order valence-corrected chi connectivity index (χ1v) is 10.5. The van der Waals surface area contributed by atoms with Gasteiger partial charge in [-0.15, -0.1) is 6.42 Å². The van der Waals surface area contributed by atoms with E-state index in [0.29, 0.717) is 21.9 Å². The van der Waals surface area contributed by atoms with E-state index in [1.54, 1.807) is 51.4 Å². The van der Waals surface area contributed by atoms with Gasteiger partial charge in [0, 0.05) is 30.3 Å². The van der Waals surface area contributed by atoms with Crippen molar-refractivity contribution in [2.45, 2.75) is 72.1 Å². The van der Waals surface area contributed by atoms with Crippen molar-refractivity contribution in [3.8, 4) is 23.6 Å². The van der Waals surface area contributed by atoms with E-state index in [4.69, 9.17) is 11.2 Å². The number of imide groups is 1. The average molecular weight is 455 g/mol. The zero-order chi connectivity index (χ0) is 25.1. The largest absolute Gasteiger partial charge is 0.465 e. The Labute approximate surface area is 193 Å². The van der Waals surface area contributed by atoms with Crippen molar-refractivity contribution in [3.05, 3.63) is 46.3 Å². The summed E-state index contributed by atoms with van der Waals surface area (Å²) in [6.07, 6.45) is 6.46. The van der Waals surface area contributed by atoms with Crippen molar-refractivity contribution in [1.82, 2.24) is 19.4 Å². The summed E-state index contributed by atoms with van der Waals surface area (Å²) in [5.74, 6) is 2.49. The minimum Gasteiger partial charge on any atom is -0.465 e. The van der Waals surface area contributed by atoms with E-state index in [9.17, 15) is 19.5 Å². The first kappa shape index (κ1) is 25.6. The van der Waals surface area contributed by atoms with Crippen LogP contribution in [-0.2, 0) is 11.2 Å². The minimum absolute atomic E-state index is 0.0247. The normalized spacial score (nSPS) is 11.7. The zero-order valence-electron chi connectivity index (χ0n) is 20.0. The first-order valence-electron chi connectivity index (χ1n) is 10.5. The van der Waals surface area contributed by atoms with Gasteiger partial charge >= 0.3 is 12.2 Å². The van der Waals surface area contributed by atoms with Crippen molar-refractivity contribution < 1.29 is 19.4 Å². The molecule has 0 saturated carbocycles. The maximum Gasteiger partial charge on any atom is 0.420 e. The second-order valence-corrected chi connectivity index (χ2v) is 9.54. The second-order valence-electron chi connectivity index (χ2n) is 9.54. The number of nitrogens with zero attached hydrogens (tertiary/aromatic N) is 4. The van der Waals surface area contributed by atoms with Gasteiger partial charge in [-0.1, -0.05) is 0 Å². The molecule has 0 aliphatic carbocycles. The molecule has 9 nitrogen and oxygen atoms in total. The number of carbonyl (C=O) groups excluding carboxylic acids is 1. The highest BCUT2D eigenvalue weighted by Crippen LogP contribution is 2.25. The summed E-state index contributed by atoms with van der Waals surface area (Å²) in [6, 6.07) is 3.06. The van der Waals surface area contributed by atoms with E-state index in [0.717, 1.165) is 0 Å². The number of carbonyl (C=O) groups is 2. The Morgan fingerprint density at radius 1 is 1.24 bits per heavy atom. The van der Waals surface area contributed by atoms with Crippen LogP contribution in [-0.4, -0.2) is 47.9 Å². The van der Waals surface area contributed by atoms with Gasteiger partial charge in [-0.05, 0) is 60.5 Å². The fourth-order valence-electron chi connectivity index (χ4n) is 3.24. The SMILES string of the molecule is C#Cc1nc(-c2ccc(=O)n(C(C)C)c2)cnc1CC(C)(C)N(C(=O)O)C(=O)OC(C)(C)C. The Morgan fingerprint density at radius 2 is 1.88 bits per heavy atom. The van der Waals surface area contributed by atoms with Crippen LogP contribution in [0, 0.1) is 12.3 Å². The third kappa shape index (κ3) is 6.19. The van der Waals surface area contributed by atoms with Crippen molar-refractivity contribution in [2.24, 2.45) is 0 Å². The fourth-order valence-corrected chi connectivity index (χ4v) is 3.24. The van der Waals surface area contributed by atoms with Crippen LogP contribution in [0.3, 0.4) is 0 Å². The Hall–Kier alpha value is -3.67. The topological polar surface area (TPSA) is 115 Å². The van der Waals surface area contributed by atoms with Crippen molar-refractivity contribution in [2.75, 3.05) is 0 Å². The third-order valence-electron chi connectivity index (χ3n) is 4.75. The summed E-state index contributed by atoms with van der Waals surface area (Å²) in [6.45, 7) is 11.9. The quantitative estimate of drug-likeness (QED) is 0.676. The molecule has 0 bridgehead atoms. The highest BCUT2D eigenvalue weighted by Gasteiger charge is 2.40. The Morgan fingerprint density at radius 3 is 2.39 bits per heavy atom. The van der Waals surface area contributed by atoms with Gasteiger partial charge in [-0.25, -0.2) is 19.5 Å². The van der Waals surface area contributed by atoms with Crippen LogP contribution in [0.1, 0.15) is 65.9 Å². The number of carboxylic acid groups (broad SMARTS) is 1. The second kappa shape index (κ2) is 9.45. The van der Waals surface area contributed by atoms with E-state index in [1.165, 1.54) is 12.3 Å². The molecule has 2 rings (SSSR count). The molecule has 2 amide bonds. The van der Waals surface area contributed by atoms with Gasteiger partial charge < -0.3 is 14.4 Å². The van der Waals surface area contributed by atoms with Crippen LogP contribution in [0.5, 0.6) is 0 Å². The highest BCUT2D eigenvalue weighted by molar-refractivity contribution is 5.88. The molecule has 2 aromatic rings. The molecule has 2 aromatic heterocycles. The number of amides is 2. The molecular weight excluding hydrogens is 424 g/mol. The summed E-state index contributed by atoms with van der Waals surface area (Å²) >= 11 is 0. The van der Waals surface area contributed by atoms with Gasteiger partial charge in [-0.3, -0.25) is 9.78 Å². The molecule has 0 aromatic carbocycles. The zero-order valence-corrected chi connectivity index (χ0v) is 20.0. The van der Waals surface area contributed by atoms with Crippen LogP contribution in [0.4, 0.5) is 9.59 Å². The number of rotatable bonds is 5. The lowest BCUT2D eigenvalue weighted by molar-refractivity contribution is 0.00782. The molecular formula is C24H30N4O5. The summed E-state index contributed by atoms with van der Waals surface area (Å²) in [5.41, 5.74) is -0.497. The van der Waals surface area contributed by atoms with E-state index in [1.807, 2.05) is 13.8 Å². The molecule has 0 saturated heterocycles. The van der Waals surface area contributed by atoms with Gasteiger partial charge in [0.2, 0.25) is 0 Å². The number of ether oxygens (including phenoxy) is 1. The fraction of sp³-hybridized carbons (Fsp3) is 0.458. The lowest BCUT2D eigenvalue weighted by Crippen LogP contribution is -2.53. The number of hydrogen-bond donors (Lipinski definition) is 1.